The van der Waals surface area contributed by atoms with Gasteiger partial charge in [0.25, 0.3) is 0 Å². The average molecular weight is 522 g/mol. The Hall–Kier alpha value is -1.98. The molecule has 0 fully saturated rings. The number of hydrogen-bond donors (Lipinski definition) is 0. The highest BCUT2D eigenvalue weighted by atomic mass is 127. The van der Waals surface area contributed by atoms with Crippen molar-refractivity contribution >= 4 is 64.9 Å². The number of nitrogens with zero attached hydrogens (tertiary/aromatic N) is 1. The number of aryl methyl sites for hydroxylation is 2. The number of halogens is 1. The van der Waals surface area contributed by atoms with Gasteiger partial charge in [0.15, 0.2) is 6.20 Å². The number of pyridine rings is 1. The molecule has 0 aliphatic heterocycles. The van der Waals surface area contributed by atoms with Crippen LogP contribution in [0.3, 0.4) is 0 Å². The summed E-state index contributed by atoms with van der Waals surface area (Å²) in [5, 5.41) is 5.43. The first-order valence-electron chi connectivity index (χ1n) is 10.3. The van der Waals surface area contributed by atoms with E-state index < -0.39 is 0 Å². The normalized spacial score (nSPS) is 12.3. The lowest BCUT2D eigenvalue weighted by atomic mass is 9.80. The molecule has 0 saturated carbocycles. The van der Waals surface area contributed by atoms with Gasteiger partial charge in [-0.1, -0.05) is 57.2 Å². The largest absolute Gasteiger partial charge is 0.230 e. The molecule has 0 atom stereocenters. The monoisotopic (exact) mass is 522 g/mol. The summed E-state index contributed by atoms with van der Waals surface area (Å²) < 4.78 is 6.38. The Morgan fingerprint density at radius 2 is 1.50 bits per heavy atom. The van der Waals surface area contributed by atoms with Crippen molar-refractivity contribution in [1.29, 1.82) is 0 Å². The van der Waals surface area contributed by atoms with Crippen molar-refractivity contribution in [2.75, 3.05) is 0 Å². The Balaban J connectivity index is 1.96. The van der Waals surface area contributed by atoms with Crippen LogP contribution in [0.5, 0.6) is 0 Å². The topological polar surface area (TPSA) is 3.88 Å². The Morgan fingerprint density at radius 3 is 2.23 bits per heavy atom. The summed E-state index contributed by atoms with van der Waals surface area (Å²) in [6.45, 7) is 9.23. The van der Waals surface area contributed by atoms with E-state index in [9.17, 15) is 0 Å². The lowest BCUT2D eigenvalue weighted by Crippen LogP contribution is -2.30. The first-order chi connectivity index (χ1) is 14.3. The minimum absolute atomic E-state index is 0.0735. The summed E-state index contributed by atoms with van der Waals surface area (Å²) in [4.78, 5) is 0. The average Bonchev–Trinajstić information content (AvgIpc) is 3.08. The summed E-state index contributed by atoms with van der Waals surface area (Å²) in [6, 6.07) is 20.2. The number of benzene rings is 3. The maximum atomic E-state index is 2.47. The molecule has 0 aliphatic rings. The molecule has 2 heterocycles. The van der Waals surface area contributed by atoms with E-state index in [1.54, 1.807) is 0 Å². The van der Waals surface area contributed by atoms with Crippen LogP contribution in [0.4, 0.5) is 0 Å². The van der Waals surface area contributed by atoms with Crippen LogP contribution in [0.15, 0.2) is 60.8 Å². The lowest BCUT2D eigenvalue weighted by molar-refractivity contribution is -0.659. The van der Waals surface area contributed by atoms with Gasteiger partial charge in [0.05, 0.1) is 5.56 Å². The Labute approximate surface area is 195 Å². The third-order valence-electron chi connectivity index (χ3n) is 6.12. The molecule has 1 nitrogen and oxygen atoms in total. The van der Waals surface area contributed by atoms with Gasteiger partial charge in [0.1, 0.15) is 11.7 Å². The van der Waals surface area contributed by atoms with E-state index >= 15 is 0 Å². The van der Waals surface area contributed by atoms with E-state index in [4.69, 9.17) is 0 Å². The molecule has 0 radical (unpaired) electrons. The Kier molecular flexibility index (Phi) is 4.67. The molecule has 0 unspecified atom stereocenters. The molecule has 5 rings (SSSR count). The summed E-state index contributed by atoms with van der Waals surface area (Å²) in [7, 11) is 2.18. The van der Waals surface area contributed by atoms with Crippen molar-refractivity contribution in [3.63, 3.8) is 0 Å². The lowest BCUT2D eigenvalue weighted by Gasteiger charge is -2.24. The van der Waals surface area contributed by atoms with Crippen LogP contribution < -0.4 is 4.57 Å². The van der Waals surface area contributed by atoms with Crippen LogP contribution in [0, 0.1) is 10.5 Å². The van der Waals surface area contributed by atoms with Crippen LogP contribution in [0.25, 0.3) is 42.2 Å². The fourth-order valence-electron chi connectivity index (χ4n) is 4.57. The maximum absolute atomic E-state index is 2.47. The van der Waals surface area contributed by atoms with Gasteiger partial charge in [-0.3, -0.25) is 0 Å². The molecule has 5 aromatic rings. The number of fused-ring (bicyclic) bond motifs is 4. The van der Waals surface area contributed by atoms with Gasteiger partial charge in [0.2, 0.25) is 5.69 Å². The van der Waals surface area contributed by atoms with Gasteiger partial charge in [-0.05, 0) is 69.0 Å². The van der Waals surface area contributed by atoms with Crippen molar-refractivity contribution in [2.45, 2.75) is 33.1 Å². The number of aromatic nitrogens is 1. The van der Waals surface area contributed by atoms with Crippen molar-refractivity contribution in [3.05, 3.63) is 75.5 Å². The SMILES string of the molecule is Cc1c(-c2c3sc4c(I)cccc4c3cc[n+]2C)cc(C(C)(C)C)c2ccccc12. The summed E-state index contributed by atoms with van der Waals surface area (Å²) >= 11 is 4.39. The van der Waals surface area contributed by atoms with E-state index in [1.165, 1.54) is 56.9 Å². The molecule has 0 N–H and O–H groups in total. The zero-order valence-corrected chi connectivity index (χ0v) is 21.0. The molecular formula is C27H25INS+. The number of thiophene rings is 1. The molecule has 30 heavy (non-hydrogen) atoms. The highest BCUT2D eigenvalue weighted by molar-refractivity contribution is 14.1. The van der Waals surface area contributed by atoms with Gasteiger partial charge in [-0.15, -0.1) is 11.3 Å². The molecule has 0 saturated heterocycles. The van der Waals surface area contributed by atoms with Gasteiger partial charge in [-0.2, -0.15) is 4.57 Å². The van der Waals surface area contributed by atoms with Crippen molar-refractivity contribution < 1.29 is 4.57 Å². The molecule has 3 heteroatoms. The molecule has 2 aromatic heterocycles. The van der Waals surface area contributed by atoms with Gasteiger partial charge < -0.3 is 0 Å². The highest BCUT2D eigenvalue weighted by Crippen LogP contribution is 2.43. The highest BCUT2D eigenvalue weighted by Gasteiger charge is 2.26. The zero-order chi connectivity index (χ0) is 21.2. The third kappa shape index (κ3) is 2.97. The molecule has 0 amide bonds. The van der Waals surface area contributed by atoms with E-state index in [1.807, 2.05) is 11.3 Å². The first-order valence-corrected chi connectivity index (χ1v) is 12.2. The van der Waals surface area contributed by atoms with E-state index in [0.29, 0.717) is 0 Å². The van der Waals surface area contributed by atoms with Crippen LogP contribution in [-0.4, -0.2) is 0 Å². The molecule has 150 valence electrons. The predicted octanol–water partition coefficient (Wildman–Crippen LogP) is 7.91. The van der Waals surface area contributed by atoms with E-state index in [-0.39, 0.29) is 5.41 Å². The second-order valence-electron chi connectivity index (χ2n) is 9.13. The Bertz CT molecular complexity index is 1450. The minimum atomic E-state index is 0.0735. The minimum Gasteiger partial charge on any atom is -0.200 e. The van der Waals surface area contributed by atoms with Crippen LogP contribution >= 0.6 is 33.9 Å². The van der Waals surface area contributed by atoms with Crippen molar-refractivity contribution in [1.82, 2.24) is 0 Å². The second kappa shape index (κ2) is 7.03. The van der Waals surface area contributed by atoms with Crippen LogP contribution in [0.1, 0.15) is 31.9 Å². The standard InChI is InChI=1S/C27H25INS/c1-16-17-9-6-7-10-18(17)22(27(2,3)4)15-21(16)24-26-20(13-14-29(24)5)19-11-8-12-23(28)25(19)30-26/h6-15H,1-5H3/q+1. The quantitative estimate of drug-likeness (QED) is 0.156. The fraction of sp³-hybridized carbons (Fsp3) is 0.222. The third-order valence-corrected chi connectivity index (χ3v) is 8.64. The predicted molar refractivity (Wildman–Crippen MR) is 140 cm³/mol. The molecule has 0 bridgehead atoms. The van der Waals surface area contributed by atoms with Crippen LogP contribution in [0.2, 0.25) is 0 Å². The smallest absolute Gasteiger partial charge is 0.200 e. The summed E-state index contributed by atoms with van der Waals surface area (Å²) in [5.41, 5.74) is 5.50. The van der Waals surface area contributed by atoms with E-state index in [0.717, 1.165) is 0 Å². The van der Waals surface area contributed by atoms with Gasteiger partial charge in [-0.25, -0.2) is 0 Å². The Morgan fingerprint density at radius 1 is 0.833 bits per heavy atom. The summed E-state index contributed by atoms with van der Waals surface area (Å²) in [5.74, 6) is 0. The van der Waals surface area contributed by atoms with Gasteiger partial charge >= 0.3 is 0 Å². The molecule has 3 aromatic carbocycles. The number of rotatable bonds is 1. The van der Waals surface area contributed by atoms with Gasteiger partial charge in [0, 0.05) is 25.1 Å². The fourth-order valence-corrected chi connectivity index (χ4v) is 6.69. The molecule has 0 aliphatic carbocycles. The van der Waals surface area contributed by atoms with E-state index in [2.05, 4.69) is 123 Å². The maximum Gasteiger partial charge on any atom is 0.230 e. The second-order valence-corrected chi connectivity index (χ2v) is 11.3. The summed E-state index contributed by atoms with van der Waals surface area (Å²) in [6.07, 6.45) is 2.22. The number of hydrogen-bond acceptors (Lipinski definition) is 1. The molecular weight excluding hydrogens is 497 g/mol. The first kappa shape index (κ1) is 20.0. The van der Waals surface area contributed by atoms with Crippen LogP contribution in [-0.2, 0) is 12.5 Å². The van der Waals surface area contributed by atoms with Crippen molar-refractivity contribution in [3.8, 4) is 11.3 Å². The van der Waals surface area contributed by atoms with Crippen molar-refractivity contribution in [2.24, 2.45) is 7.05 Å². The zero-order valence-electron chi connectivity index (χ0n) is 18.0. The molecule has 0 spiro atoms.